The van der Waals surface area contributed by atoms with Gasteiger partial charge in [-0.05, 0) is 54.3 Å². The molecule has 3 rings (SSSR count). The molecule has 0 radical (unpaired) electrons. The molecular formula is C23H28N2O6S. The van der Waals surface area contributed by atoms with E-state index in [4.69, 9.17) is 14.2 Å². The lowest BCUT2D eigenvalue weighted by Crippen LogP contribution is -2.27. The smallest absolute Gasteiger partial charge is 0.244 e. The minimum absolute atomic E-state index is 0.275. The van der Waals surface area contributed by atoms with Gasteiger partial charge in [-0.25, -0.2) is 8.42 Å². The van der Waals surface area contributed by atoms with E-state index < -0.39 is 10.0 Å². The Morgan fingerprint density at radius 1 is 1.00 bits per heavy atom. The van der Waals surface area contributed by atoms with Crippen LogP contribution in [-0.4, -0.2) is 53.0 Å². The number of ether oxygens (including phenoxy) is 3. The average Bonchev–Trinajstić information content (AvgIpc) is 3.37. The maximum absolute atomic E-state index is 12.6. The summed E-state index contributed by atoms with van der Waals surface area (Å²) in [6.07, 6.45) is 4.85. The summed E-state index contributed by atoms with van der Waals surface area (Å²) in [7, 11) is 1.14. The van der Waals surface area contributed by atoms with E-state index in [0.29, 0.717) is 35.9 Å². The molecule has 1 saturated heterocycles. The van der Waals surface area contributed by atoms with E-state index in [2.05, 4.69) is 5.32 Å². The van der Waals surface area contributed by atoms with Crippen LogP contribution in [0.15, 0.2) is 47.4 Å². The van der Waals surface area contributed by atoms with Crippen LogP contribution in [0.1, 0.15) is 24.0 Å². The summed E-state index contributed by atoms with van der Waals surface area (Å²) in [4.78, 5) is 12.5. The lowest BCUT2D eigenvalue weighted by atomic mass is 10.1. The fourth-order valence-electron chi connectivity index (χ4n) is 3.47. The first-order chi connectivity index (χ1) is 15.4. The SMILES string of the molecule is COc1cc(/C=C/C(=O)NCc2ccc(S(=O)(=O)N3CCCC3)cc2)cc(OC)c1OC. The fourth-order valence-corrected chi connectivity index (χ4v) is 4.99. The van der Waals surface area contributed by atoms with Gasteiger partial charge in [0, 0.05) is 25.7 Å². The van der Waals surface area contributed by atoms with E-state index >= 15 is 0 Å². The number of hydrogen-bond acceptors (Lipinski definition) is 6. The van der Waals surface area contributed by atoms with Gasteiger partial charge < -0.3 is 19.5 Å². The number of carbonyl (C=O) groups excluding carboxylic acids is 1. The zero-order chi connectivity index (χ0) is 23.1. The summed E-state index contributed by atoms with van der Waals surface area (Å²) < 4.78 is 42.6. The first kappa shape index (κ1) is 23.6. The van der Waals surface area contributed by atoms with Crippen molar-refractivity contribution in [3.63, 3.8) is 0 Å². The summed E-state index contributed by atoms with van der Waals surface area (Å²) in [6, 6.07) is 10.1. The molecule has 1 amide bonds. The molecule has 1 fully saturated rings. The van der Waals surface area contributed by atoms with E-state index in [1.807, 2.05) is 0 Å². The van der Waals surface area contributed by atoms with Crippen LogP contribution in [0.25, 0.3) is 6.08 Å². The van der Waals surface area contributed by atoms with Gasteiger partial charge >= 0.3 is 0 Å². The summed E-state index contributed by atoms with van der Waals surface area (Å²) in [6.45, 7) is 1.42. The molecule has 1 aliphatic heterocycles. The standard InChI is InChI=1S/C23H28N2O6S/c1-29-20-14-18(15-21(30-2)23(20)31-3)8-11-22(26)24-16-17-6-9-19(10-7-17)32(27,28)25-12-4-5-13-25/h6-11,14-15H,4-5,12-13,16H2,1-3H3,(H,24,26)/b11-8+. The molecule has 0 unspecified atom stereocenters. The van der Waals surface area contributed by atoms with Gasteiger partial charge in [0.05, 0.1) is 26.2 Å². The molecule has 0 saturated carbocycles. The van der Waals surface area contributed by atoms with E-state index in [9.17, 15) is 13.2 Å². The normalized spacial score (nSPS) is 14.5. The van der Waals surface area contributed by atoms with Crippen LogP contribution in [0.2, 0.25) is 0 Å². The molecule has 0 atom stereocenters. The molecule has 172 valence electrons. The molecule has 1 heterocycles. The van der Waals surface area contributed by atoms with Crippen molar-refractivity contribution in [2.75, 3.05) is 34.4 Å². The van der Waals surface area contributed by atoms with Crippen LogP contribution >= 0.6 is 0 Å². The molecule has 0 aliphatic carbocycles. The first-order valence-corrected chi connectivity index (χ1v) is 11.7. The van der Waals surface area contributed by atoms with E-state index in [1.165, 1.54) is 31.7 Å². The van der Waals surface area contributed by atoms with Crippen LogP contribution in [0.5, 0.6) is 17.2 Å². The third kappa shape index (κ3) is 5.41. The number of benzene rings is 2. The topological polar surface area (TPSA) is 94.2 Å². The fraction of sp³-hybridized carbons (Fsp3) is 0.348. The van der Waals surface area contributed by atoms with Crippen molar-refractivity contribution in [1.29, 1.82) is 0 Å². The minimum atomic E-state index is -3.44. The highest BCUT2D eigenvalue weighted by Crippen LogP contribution is 2.38. The van der Waals surface area contributed by atoms with Crippen molar-refractivity contribution in [3.8, 4) is 17.2 Å². The Bertz CT molecular complexity index is 1050. The van der Waals surface area contributed by atoms with Crippen LogP contribution in [0.3, 0.4) is 0 Å². The average molecular weight is 461 g/mol. The van der Waals surface area contributed by atoms with Crippen LogP contribution in [0.4, 0.5) is 0 Å². The molecule has 2 aromatic carbocycles. The highest BCUT2D eigenvalue weighted by atomic mass is 32.2. The van der Waals surface area contributed by atoms with Crippen molar-refractivity contribution < 1.29 is 27.4 Å². The van der Waals surface area contributed by atoms with Gasteiger partial charge in [-0.3, -0.25) is 4.79 Å². The summed E-state index contributed by atoms with van der Waals surface area (Å²) in [5, 5.41) is 2.79. The Morgan fingerprint density at radius 2 is 1.59 bits per heavy atom. The van der Waals surface area contributed by atoms with Crippen molar-refractivity contribution in [2.24, 2.45) is 0 Å². The van der Waals surface area contributed by atoms with Gasteiger partial charge in [0.15, 0.2) is 11.5 Å². The van der Waals surface area contributed by atoms with Crippen LogP contribution in [0, 0.1) is 0 Å². The van der Waals surface area contributed by atoms with Gasteiger partial charge in [0.25, 0.3) is 0 Å². The lowest BCUT2D eigenvalue weighted by molar-refractivity contribution is -0.116. The Hall–Kier alpha value is -3.04. The van der Waals surface area contributed by atoms with Crippen molar-refractivity contribution in [2.45, 2.75) is 24.3 Å². The lowest BCUT2D eigenvalue weighted by Gasteiger charge is -2.15. The Balaban J connectivity index is 1.61. The zero-order valence-electron chi connectivity index (χ0n) is 18.5. The highest BCUT2D eigenvalue weighted by molar-refractivity contribution is 7.89. The van der Waals surface area contributed by atoms with Gasteiger partial charge in [-0.15, -0.1) is 0 Å². The first-order valence-electron chi connectivity index (χ1n) is 10.2. The molecule has 1 N–H and O–H groups in total. The molecule has 1 aliphatic rings. The number of amides is 1. The number of nitrogens with one attached hydrogen (secondary N) is 1. The van der Waals surface area contributed by atoms with Gasteiger partial charge in [0.1, 0.15) is 0 Å². The molecular weight excluding hydrogens is 432 g/mol. The largest absolute Gasteiger partial charge is 0.493 e. The number of carbonyl (C=O) groups is 1. The number of methoxy groups -OCH3 is 3. The number of rotatable bonds is 9. The summed E-state index contributed by atoms with van der Waals surface area (Å²) in [5.41, 5.74) is 1.52. The summed E-state index contributed by atoms with van der Waals surface area (Å²) >= 11 is 0. The van der Waals surface area contributed by atoms with E-state index in [0.717, 1.165) is 18.4 Å². The third-order valence-electron chi connectivity index (χ3n) is 5.21. The Morgan fingerprint density at radius 3 is 2.12 bits per heavy atom. The minimum Gasteiger partial charge on any atom is -0.493 e. The summed E-state index contributed by atoms with van der Waals surface area (Å²) in [5.74, 6) is 1.19. The quantitative estimate of drug-likeness (QED) is 0.579. The van der Waals surface area contributed by atoms with E-state index in [1.54, 1.807) is 42.5 Å². The van der Waals surface area contributed by atoms with Gasteiger partial charge in [0.2, 0.25) is 21.7 Å². The predicted octanol–water partition coefficient (Wildman–Crippen LogP) is 2.83. The maximum Gasteiger partial charge on any atom is 0.244 e. The number of nitrogens with zero attached hydrogens (tertiary/aromatic N) is 1. The zero-order valence-corrected chi connectivity index (χ0v) is 19.3. The molecule has 0 spiro atoms. The molecule has 2 aromatic rings. The number of hydrogen-bond donors (Lipinski definition) is 1. The second-order valence-corrected chi connectivity index (χ2v) is 9.20. The Labute approximate surface area is 188 Å². The molecule has 9 heteroatoms. The molecule has 0 bridgehead atoms. The van der Waals surface area contributed by atoms with Gasteiger partial charge in [-0.2, -0.15) is 4.31 Å². The Kier molecular flexibility index (Phi) is 7.76. The number of sulfonamides is 1. The highest BCUT2D eigenvalue weighted by Gasteiger charge is 2.26. The maximum atomic E-state index is 12.6. The predicted molar refractivity (Wildman–Crippen MR) is 121 cm³/mol. The van der Waals surface area contributed by atoms with E-state index in [-0.39, 0.29) is 17.3 Å². The second-order valence-electron chi connectivity index (χ2n) is 7.26. The second kappa shape index (κ2) is 10.5. The molecule has 32 heavy (non-hydrogen) atoms. The van der Waals surface area contributed by atoms with Crippen molar-refractivity contribution in [3.05, 3.63) is 53.6 Å². The van der Waals surface area contributed by atoms with Crippen LogP contribution < -0.4 is 19.5 Å². The molecule has 0 aromatic heterocycles. The molecule has 8 nitrogen and oxygen atoms in total. The monoisotopic (exact) mass is 460 g/mol. The van der Waals surface area contributed by atoms with Crippen LogP contribution in [-0.2, 0) is 21.4 Å². The van der Waals surface area contributed by atoms with Crippen molar-refractivity contribution in [1.82, 2.24) is 9.62 Å². The van der Waals surface area contributed by atoms with Gasteiger partial charge in [-0.1, -0.05) is 12.1 Å². The van der Waals surface area contributed by atoms with Crippen molar-refractivity contribution >= 4 is 22.0 Å². The third-order valence-corrected chi connectivity index (χ3v) is 7.12.